The van der Waals surface area contributed by atoms with Gasteiger partial charge >= 0.3 is 0 Å². The van der Waals surface area contributed by atoms with Crippen molar-refractivity contribution in [1.82, 2.24) is 34.4 Å². The first-order valence-electron chi connectivity index (χ1n) is 13.2. The molecule has 0 N–H and O–H groups in total. The molecule has 2 aliphatic heterocycles. The van der Waals surface area contributed by atoms with Crippen LogP contribution in [0.3, 0.4) is 0 Å². The standard InChI is InChI=1S/C28H31N7OS/c1-18-11-24(30-17-29-18)21-3-5-23-20(12-21)4-6-25(23)34-15-28(16-34)7-9-33(10-8-28)26(36)13-22-14-35-27(31-22)37-19(2)32-35/h3,5,11-12,14,17,25H,4,6-10,13,15-16H2,1-2H3. The molecule has 3 aliphatic rings. The fourth-order valence-corrected chi connectivity index (χ4v) is 7.27. The van der Waals surface area contributed by atoms with E-state index in [0.717, 1.165) is 72.5 Å². The SMILES string of the molecule is Cc1cc(-c2ccc3c(c2)CCC3N2CC3(CCN(C(=O)Cc4cn5nc(C)sc5n4)CC3)C2)ncn1. The van der Waals surface area contributed by atoms with E-state index >= 15 is 0 Å². The van der Waals surface area contributed by atoms with Crippen molar-refractivity contribution in [2.45, 2.75) is 52.0 Å². The van der Waals surface area contributed by atoms with Crippen molar-refractivity contribution in [2.24, 2.45) is 5.41 Å². The van der Waals surface area contributed by atoms with Crippen LogP contribution >= 0.6 is 11.3 Å². The van der Waals surface area contributed by atoms with E-state index in [0.29, 0.717) is 17.9 Å². The molecule has 0 bridgehead atoms. The third-order valence-electron chi connectivity index (χ3n) is 8.51. The number of likely N-dealkylation sites (tertiary alicyclic amines) is 2. The summed E-state index contributed by atoms with van der Waals surface area (Å²) >= 11 is 1.56. The number of hydrogen-bond acceptors (Lipinski definition) is 7. The van der Waals surface area contributed by atoms with Gasteiger partial charge in [0.15, 0.2) is 0 Å². The van der Waals surface area contributed by atoms with Crippen LogP contribution in [0, 0.1) is 19.3 Å². The Kier molecular flexibility index (Phi) is 5.40. The average Bonchev–Trinajstić information content (AvgIpc) is 3.54. The van der Waals surface area contributed by atoms with Crippen molar-refractivity contribution in [3.8, 4) is 11.3 Å². The van der Waals surface area contributed by atoms with Crippen molar-refractivity contribution in [3.05, 3.63) is 64.3 Å². The number of carbonyl (C=O) groups excluding carboxylic acids is 1. The van der Waals surface area contributed by atoms with E-state index in [1.807, 2.05) is 24.9 Å². The molecule has 1 aromatic carbocycles. The molecule has 3 aromatic heterocycles. The number of fused-ring (bicyclic) bond motifs is 2. The van der Waals surface area contributed by atoms with Gasteiger partial charge in [0.25, 0.3) is 0 Å². The van der Waals surface area contributed by atoms with Crippen LogP contribution in [0.15, 0.2) is 36.8 Å². The number of aryl methyl sites for hydroxylation is 3. The lowest BCUT2D eigenvalue weighted by Gasteiger charge is -2.56. The highest BCUT2D eigenvalue weighted by atomic mass is 32.1. The molecule has 1 spiro atoms. The Labute approximate surface area is 220 Å². The lowest BCUT2D eigenvalue weighted by atomic mass is 9.71. The van der Waals surface area contributed by atoms with Crippen molar-refractivity contribution in [1.29, 1.82) is 0 Å². The van der Waals surface area contributed by atoms with Gasteiger partial charge in [-0.1, -0.05) is 23.5 Å². The molecule has 9 heteroatoms. The van der Waals surface area contributed by atoms with Gasteiger partial charge in [0.2, 0.25) is 10.9 Å². The maximum absolute atomic E-state index is 13.0. The van der Waals surface area contributed by atoms with Crippen LogP contribution in [-0.2, 0) is 17.6 Å². The lowest BCUT2D eigenvalue weighted by Crippen LogP contribution is -2.61. The summed E-state index contributed by atoms with van der Waals surface area (Å²) in [5.74, 6) is 0.188. The number of hydrogen-bond donors (Lipinski definition) is 0. The Morgan fingerprint density at radius 2 is 1.97 bits per heavy atom. The summed E-state index contributed by atoms with van der Waals surface area (Å²) in [7, 11) is 0. The number of carbonyl (C=O) groups is 1. The number of rotatable bonds is 4. The minimum absolute atomic E-state index is 0.188. The Bertz CT molecular complexity index is 1460. The van der Waals surface area contributed by atoms with E-state index in [2.05, 4.69) is 49.2 Å². The van der Waals surface area contributed by atoms with Gasteiger partial charge in [0.1, 0.15) is 11.3 Å². The molecule has 1 amide bonds. The summed E-state index contributed by atoms with van der Waals surface area (Å²) in [6.07, 6.45) is 8.42. The second-order valence-corrected chi connectivity index (χ2v) is 12.2. The van der Waals surface area contributed by atoms with E-state index in [-0.39, 0.29) is 5.91 Å². The summed E-state index contributed by atoms with van der Waals surface area (Å²) in [5.41, 5.74) is 7.32. The van der Waals surface area contributed by atoms with Gasteiger partial charge in [-0.15, -0.1) is 0 Å². The van der Waals surface area contributed by atoms with E-state index in [1.54, 1.807) is 22.2 Å². The van der Waals surface area contributed by atoms with Gasteiger partial charge in [-0.05, 0) is 68.2 Å². The first-order valence-corrected chi connectivity index (χ1v) is 14.0. The zero-order valence-corrected chi connectivity index (χ0v) is 22.2. The smallest absolute Gasteiger partial charge is 0.228 e. The fourth-order valence-electron chi connectivity index (χ4n) is 6.53. The second kappa shape index (κ2) is 8.70. The van der Waals surface area contributed by atoms with E-state index in [4.69, 9.17) is 0 Å². The van der Waals surface area contributed by atoms with Gasteiger partial charge in [0, 0.05) is 43.5 Å². The van der Waals surface area contributed by atoms with Crippen LogP contribution in [-0.4, -0.2) is 66.5 Å². The average molecular weight is 514 g/mol. The third kappa shape index (κ3) is 4.14. The summed E-state index contributed by atoms with van der Waals surface area (Å²) in [6.45, 7) is 7.99. The zero-order valence-electron chi connectivity index (χ0n) is 21.4. The first kappa shape index (κ1) is 23.0. The van der Waals surface area contributed by atoms with Crippen LogP contribution in [0.5, 0.6) is 0 Å². The first-order chi connectivity index (χ1) is 17.9. The highest BCUT2D eigenvalue weighted by Gasteiger charge is 2.48. The van der Waals surface area contributed by atoms with Crippen molar-refractivity contribution in [2.75, 3.05) is 26.2 Å². The van der Waals surface area contributed by atoms with Crippen LogP contribution in [0.1, 0.15) is 52.8 Å². The topological polar surface area (TPSA) is 79.5 Å². The Hall–Kier alpha value is -3.17. The monoisotopic (exact) mass is 513 g/mol. The number of amides is 1. The summed E-state index contributed by atoms with van der Waals surface area (Å²) in [4.78, 5) is 31.8. The van der Waals surface area contributed by atoms with Crippen molar-refractivity contribution < 1.29 is 4.79 Å². The number of aromatic nitrogens is 5. The van der Waals surface area contributed by atoms with E-state index < -0.39 is 0 Å². The maximum atomic E-state index is 13.0. The molecule has 0 radical (unpaired) electrons. The number of benzene rings is 1. The van der Waals surface area contributed by atoms with Gasteiger partial charge in [0.05, 0.1) is 24.0 Å². The molecule has 37 heavy (non-hydrogen) atoms. The Balaban J connectivity index is 0.951. The van der Waals surface area contributed by atoms with Gasteiger partial charge in [-0.2, -0.15) is 5.10 Å². The molecule has 1 atom stereocenters. The quantitative estimate of drug-likeness (QED) is 0.410. The predicted octanol–water partition coefficient (Wildman–Crippen LogP) is 4.02. The van der Waals surface area contributed by atoms with E-state index in [9.17, 15) is 4.79 Å². The molecule has 8 nitrogen and oxygen atoms in total. The van der Waals surface area contributed by atoms with Crippen LogP contribution < -0.4 is 0 Å². The molecule has 2 saturated heterocycles. The van der Waals surface area contributed by atoms with Gasteiger partial charge < -0.3 is 4.90 Å². The second-order valence-electron chi connectivity index (χ2n) is 11.1. The maximum Gasteiger partial charge on any atom is 0.228 e. The molecule has 5 heterocycles. The molecule has 190 valence electrons. The molecule has 1 aliphatic carbocycles. The highest BCUT2D eigenvalue weighted by Crippen LogP contribution is 2.48. The summed E-state index contributed by atoms with van der Waals surface area (Å²) in [5, 5.41) is 5.39. The molecular weight excluding hydrogens is 482 g/mol. The molecule has 4 aromatic rings. The fraction of sp³-hybridized carbons (Fsp3) is 0.464. The predicted molar refractivity (Wildman–Crippen MR) is 142 cm³/mol. The normalized spacial score (nSPS) is 20.9. The van der Waals surface area contributed by atoms with Crippen molar-refractivity contribution in [3.63, 3.8) is 0 Å². The molecule has 1 unspecified atom stereocenters. The lowest BCUT2D eigenvalue weighted by molar-refractivity contribution is -0.136. The zero-order chi connectivity index (χ0) is 25.1. The minimum atomic E-state index is 0.188. The Morgan fingerprint density at radius 3 is 2.76 bits per heavy atom. The molecule has 7 rings (SSSR count). The number of piperidine rings is 1. The minimum Gasteiger partial charge on any atom is -0.342 e. The van der Waals surface area contributed by atoms with Gasteiger partial charge in [-0.25, -0.2) is 19.5 Å². The molecule has 2 fully saturated rings. The third-order valence-corrected chi connectivity index (χ3v) is 9.35. The summed E-state index contributed by atoms with van der Waals surface area (Å²) in [6, 6.07) is 9.45. The van der Waals surface area contributed by atoms with Crippen LogP contribution in [0.2, 0.25) is 0 Å². The van der Waals surface area contributed by atoms with E-state index in [1.165, 1.54) is 23.1 Å². The Morgan fingerprint density at radius 1 is 1.14 bits per heavy atom. The highest BCUT2D eigenvalue weighted by molar-refractivity contribution is 7.16. The summed E-state index contributed by atoms with van der Waals surface area (Å²) < 4.78 is 1.79. The van der Waals surface area contributed by atoms with Crippen LogP contribution in [0.4, 0.5) is 0 Å². The molecule has 0 saturated carbocycles. The van der Waals surface area contributed by atoms with Crippen molar-refractivity contribution >= 4 is 22.2 Å². The number of imidazole rings is 1. The van der Waals surface area contributed by atoms with Gasteiger partial charge in [-0.3, -0.25) is 9.69 Å². The van der Waals surface area contributed by atoms with Crippen LogP contribution in [0.25, 0.3) is 16.2 Å². The largest absolute Gasteiger partial charge is 0.342 e. The molecular formula is C28H31N7OS. The number of nitrogens with zero attached hydrogens (tertiary/aromatic N) is 7.